The zero-order valence-electron chi connectivity index (χ0n) is 7.95. The molecule has 0 fully saturated rings. The highest BCUT2D eigenvalue weighted by atomic mass is 16.1. The average molecular weight is 185 g/mol. The molecular weight excluding hydrogens is 174 g/mol. The molecule has 0 amide bonds. The highest BCUT2D eigenvalue weighted by Crippen LogP contribution is 2.15. The molecule has 0 saturated heterocycles. The maximum Gasteiger partial charge on any atom is 0.255 e. The molecular formula is C12H11NO. The number of fused-ring (bicyclic) bond motifs is 1. The number of nitrogens with one attached hydrogen (secondary N) is 1. The Kier molecular flexibility index (Phi) is 2.19. The SMILES string of the molecule is C/C=C/c1c[nH]c(=O)c2ccccc12. The smallest absolute Gasteiger partial charge is 0.255 e. The molecule has 0 aliphatic heterocycles. The molecule has 1 aromatic carbocycles. The molecule has 0 unspecified atom stereocenters. The van der Waals surface area contributed by atoms with Gasteiger partial charge in [-0.2, -0.15) is 0 Å². The molecule has 14 heavy (non-hydrogen) atoms. The van der Waals surface area contributed by atoms with E-state index >= 15 is 0 Å². The van der Waals surface area contributed by atoms with Gasteiger partial charge in [0.15, 0.2) is 0 Å². The van der Waals surface area contributed by atoms with Crippen molar-refractivity contribution < 1.29 is 0 Å². The molecule has 0 aliphatic carbocycles. The van der Waals surface area contributed by atoms with Crippen molar-refractivity contribution in [1.82, 2.24) is 4.98 Å². The Bertz CT molecular complexity index is 537. The highest BCUT2D eigenvalue weighted by Gasteiger charge is 1.99. The summed E-state index contributed by atoms with van der Waals surface area (Å²) in [7, 11) is 0. The zero-order valence-corrected chi connectivity index (χ0v) is 7.95. The van der Waals surface area contributed by atoms with Crippen LogP contribution in [0.25, 0.3) is 16.8 Å². The van der Waals surface area contributed by atoms with Crippen LogP contribution in [0.5, 0.6) is 0 Å². The normalized spacial score (nSPS) is 11.2. The summed E-state index contributed by atoms with van der Waals surface area (Å²) in [5.74, 6) is 0. The number of hydrogen-bond donors (Lipinski definition) is 1. The molecule has 0 saturated carbocycles. The summed E-state index contributed by atoms with van der Waals surface area (Å²) in [4.78, 5) is 14.2. The van der Waals surface area contributed by atoms with Gasteiger partial charge in [-0.3, -0.25) is 4.79 Å². The molecule has 2 rings (SSSR count). The van der Waals surface area contributed by atoms with Crippen LogP contribution >= 0.6 is 0 Å². The number of pyridine rings is 1. The van der Waals surface area contributed by atoms with Gasteiger partial charge < -0.3 is 4.98 Å². The molecule has 0 spiro atoms. The van der Waals surface area contributed by atoms with Crippen molar-refractivity contribution in [1.29, 1.82) is 0 Å². The number of H-pyrrole nitrogens is 1. The number of rotatable bonds is 1. The van der Waals surface area contributed by atoms with Gasteiger partial charge in [-0.25, -0.2) is 0 Å². The van der Waals surface area contributed by atoms with Gasteiger partial charge in [-0.05, 0) is 23.9 Å². The molecule has 1 heterocycles. The summed E-state index contributed by atoms with van der Waals surface area (Å²) in [6.07, 6.45) is 5.68. The van der Waals surface area contributed by atoms with Crippen molar-refractivity contribution in [3.05, 3.63) is 52.5 Å². The number of benzene rings is 1. The summed E-state index contributed by atoms with van der Waals surface area (Å²) in [5.41, 5.74) is 1.01. The first-order valence-electron chi connectivity index (χ1n) is 4.56. The van der Waals surface area contributed by atoms with Gasteiger partial charge in [0.25, 0.3) is 5.56 Å². The third kappa shape index (κ3) is 1.35. The van der Waals surface area contributed by atoms with Gasteiger partial charge in [0.1, 0.15) is 0 Å². The standard InChI is InChI=1S/C12H11NO/c1-2-5-9-8-13-12(14)11-7-4-3-6-10(9)11/h2-8H,1H3,(H,13,14)/b5-2+. The summed E-state index contributed by atoms with van der Waals surface area (Å²) in [6, 6.07) is 7.60. The summed E-state index contributed by atoms with van der Waals surface area (Å²) in [5, 5.41) is 1.73. The molecule has 2 aromatic rings. The third-order valence-electron chi connectivity index (χ3n) is 2.19. The van der Waals surface area contributed by atoms with E-state index in [2.05, 4.69) is 4.98 Å². The Hall–Kier alpha value is -1.83. The van der Waals surface area contributed by atoms with Crippen LogP contribution in [-0.4, -0.2) is 4.98 Å². The lowest BCUT2D eigenvalue weighted by atomic mass is 10.1. The molecule has 0 bridgehead atoms. The summed E-state index contributed by atoms with van der Waals surface area (Å²) in [6.45, 7) is 1.96. The predicted molar refractivity (Wildman–Crippen MR) is 59.3 cm³/mol. The second kappa shape index (κ2) is 3.50. The molecule has 2 heteroatoms. The van der Waals surface area contributed by atoms with Crippen LogP contribution in [0, 0.1) is 0 Å². The van der Waals surface area contributed by atoms with Gasteiger partial charge in [-0.15, -0.1) is 0 Å². The topological polar surface area (TPSA) is 32.9 Å². The van der Waals surface area contributed by atoms with E-state index in [1.807, 2.05) is 43.3 Å². The molecule has 0 radical (unpaired) electrons. The lowest BCUT2D eigenvalue weighted by molar-refractivity contribution is 1.27. The number of allylic oxidation sites excluding steroid dienone is 1. The molecule has 0 atom stereocenters. The maximum atomic E-state index is 11.5. The Morgan fingerprint density at radius 1 is 1.21 bits per heavy atom. The molecule has 0 aliphatic rings. The highest BCUT2D eigenvalue weighted by molar-refractivity contribution is 5.89. The van der Waals surface area contributed by atoms with Crippen LogP contribution in [-0.2, 0) is 0 Å². The minimum absolute atomic E-state index is 0.0335. The van der Waals surface area contributed by atoms with Crippen molar-refractivity contribution in [3.63, 3.8) is 0 Å². The number of hydrogen-bond acceptors (Lipinski definition) is 1. The number of aromatic nitrogens is 1. The Balaban J connectivity index is 2.88. The maximum absolute atomic E-state index is 11.5. The predicted octanol–water partition coefficient (Wildman–Crippen LogP) is 2.56. The summed E-state index contributed by atoms with van der Waals surface area (Å²) < 4.78 is 0. The van der Waals surface area contributed by atoms with Gasteiger partial charge in [0, 0.05) is 11.6 Å². The second-order valence-corrected chi connectivity index (χ2v) is 3.12. The van der Waals surface area contributed by atoms with E-state index in [-0.39, 0.29) is 5.56 Å². The van der Waals surface area contributed by atoms with Crippen molar-refractivity contribution in [2.75, 3.05) is 0 Å². The molecule has 2 nitrogen and oxygen atoms in total. The van der Waals surface area contributed by atoms with Crippen LogP contribution < -0.4 is 5.56 Å². The third-order valence-corrected chi connectivity index (χ3v) is 2.19. The van der Waals surface area contributed by atoms with E-state index in [0.717, 1.165) is 16.3 Å². The van der Waals surface area contributed by atoms with Crippen LogP contribution in [0.15, 0.2) is 41.3 Å². The van der Waals surface area contributed by atoms with E-state index in [9.17, 15) is 4.79 Å². The Morgan fingerprint density at radius 2 is 1.93 bits per heavy atom. The van der Waals surface area contributed by atoms with Gasteiger partial charge in [-0.1, -0.05) is 30.4 Å². The minimum Gasteiger partial charge on any atom is -0.328 e. The lowest BCUT2D eigenvalue weighted by Gasteiger charge is -2.00. The quantitative estimate of drug-likeness (QED) is 0.727. The average Bonchev–Trinajstić information content (AvgIpc) is 2.23. The summed E-state index contributed by atoms with van der Waals surface area (Å²) >= 11 is 0. The second-order valence-electron chi connectivity index (χ2n) is 3.12. The first kappa shape index (κ1) is 8.75. The first-order chi connectivity index (χ1) is 6.83. The minimum atomic E-state index is -0.0335. The molecule has 1 aromatic heterocycles. The van der Waals surface area contributed by atoms with E-state index in [0.29, 0.717) is 0 Å². The first-order valence-corrected chi connectivity index (χ1v) is 4.56. The van der Waals surface area contributed by atoms with Gasteiger partial charge in [0.05, 0.1) is 0 Å². The zero-order chi connectivity index (χ0) is 9.97. The van der Waals surface area contributed by atoms with E-state index in [1.165, 1.54) is 0 Å². The van der Waals surface area contributed by atoms with Gasteiger partial charge in [0.2, 0.25) is 0 Å². The Morgan fingerprint density at radius 3 is 2.64 bits per heavy atom. The number of aromatic amines is 1. The van der Waals surface area contributed by atoms with Crippen molar-refractivity contribution in [3.8, 4) is 0 Å². The Labute approximate surface area is 81.9 Å². The van der Waals surface area contributed by atoms with E-state index in [1.54, 1.807) is 6.20 Å². The van der Waals surface area contributed by atoms with E-state index < -0.39 is 0 Å². The fourth-order valence-corrected chi connectivity index (χ4v) is 1.55. The fourth-order valence-electron chi connectivity index (χ4n) is 1.55. The van der Waals surface area contributed by atoms with Crippen molar-refractivity contribution in [2.24, 2.45) is 0 Å². The van der Waals surface area contributed by atoms with Crippen molar-refractivity contribution >= 4 is 16.8 Å². The van der Waals surface area contributed by atoms with Crippen LogP contribution in [0.3, 0.4) is 0 Å². The fraction of sp³-hybridized carbons (Fsp3) is 0.0833. The molecule has 1 N–H and O–H groups in total. The van der Waals surface area contributed by atoms with Crippen LogP contribution in [0.2, 0.25) is 0 Å². The monoisotopic (exact) mass is 185 g/mol. The largest absolute Gasteiger partial charge is 0.328 e. The van der Waals surface area contributed by atoms with Gasteiger partial charge >= 0.3 is 0 Å². The molecule has 70 valence electrons. The van der Waals surface area contributed by atoms with Crippen molar-refractivity contribution in [2.45, 2.75) is 6.92 Å². The lowest BCUT2D eigenvalue weighted by Crippen LogP contribution is -2.05. The van der Waals surface area contributed by atoms with Crippen LogP contribution in [0.4, 0.5) is 0 Å². The van der Waals surface area contributed by atoms with E-state index in [4.69, 9.17) is 0 Å². The van der Waals surface area contributed by atoms with Crippen LogP contribution in [0.1, 0.15) is 12.5 Å².